The van der Waals surface area contributed by atoms with Crippen LogP contribution in [0.2, 0.25) is 0 Å². The van der Waals surface area contributed by atoms with Crippen LogP contribution in [0.1, 0.15) is 11.3 Å². The van der Waals surface area contributed by atoms with E-state index in [0.29, 0.717) is 13.3 Å². The summed E-state index contributed by atoms with van der Waals surface area (Å²) >= 11 is 5.14. The number of rotatable bonds is 4. The predicted octanol–water partition coefficient (Wildman–Crippen LogP) is 2.57. The Labute approximate surface area is 174 Å². The van der Waals surface area contributed by atoms with Crippen LogP contribution in [0.25, 0.3) is 4.96 Å². The molecule has 9 heteroatoms. The first-order chi connectivity index (χ1) is 13.7. The van der Waals surface area contributed by atoms with E-state index in [2.05, 4.69) is 36.8 Å². The van der Waals surface area contributed by atoms with Crippen LogP contribution in [0.5, 0.6) is 11.5 Å². The van der Waals surface area contributed by atoms with Crippen LogP contribution >= 0.6 is 27.3 Å². The fourth-order valence-corrected chi connectivity index (χ4v) is 4.81. The standard InChI is InChI=1S/C19H19BrN4O3S/c20-15-9-17-16(26-12-27-17)7-13(15)10-22-1-3-23(4-2-22)11-14-8-18(25)24-5-6-28-19(24)21-14/h5-9H,1-4,10-12H2. The lowest BCUT2D eigenvalue weighted by Gasteiger charge is -2.34. The number of benzene rings is 1. The van der Waals surface area contributed by atoms with Crippen LogP contribution in [0, 0.1) is 0 Å². The Morgan fingerprint density at radius 3 is 2.54 bits per heavy atom. The molecule has 28 heavy (non-hydrogen) atoms. The fraction of sp³-hybridized carbons (Fsp3) is 0.368. The number of aromatic nitrogens is 2. The van der Waals surface area contributed by atoms with Crippen LogP contribution in [-0.2, 0) is 13.1 Å². The summed E-state index contributed by atoms with van der Waals surface area (Å²) in [6.07, 6.45) is 1.77. The molecule has 0 radical (unpaired) electrons. The van der Waals surface area contributed by atoms with Gasteiger partial charge in [-0.25, -0.2) is 4.98 Å². The topological polar surface area (TPSA) is 59.3 Å². The number of nitrogens with zero attached hydrogens (tertiary/aromatic N) is 4. The summed E-state index contributed by atoms with van der Waals surface area (Å²) in [4.78, 5) is 22.3. The molecule has 0 atom stereocenters. The van der Waals surface area contributed by atoms with Crippen LogP contribution in [-0.4, -0.2) is 52.2 Å². The van der Waals surface area contributed by atoms with E-state index in [1.165, 1.54) is 16.9 Å². The molecule has 0 aliphatic carbocycles. The van der Waals surface area contributed by atoms with E-state index in [1.54, 1.807) is 16.7 Å². The third kappa shape index (κ3) is 3.55. The highest BCUT2D eigenvalue weighted by Crippen LogP contribution is 2.37. The van der Waals surface area contributed by atoms with Crippen molar-refractivity contribution in [1.29, 1.82) is 0 Å². The van der Waals surface area contributed by atoms with Crippen molar-refractivity contribution in [3.05, 3.63) is 55.9 Å². The maximum absolute atomic E-state index is 12.1. The smallest absolute Gasteiger partial charge is 0.258 e. The van der Waals surface area contributed by atoms with Crippen LogP contribution in [0.3, 0.4) is 0 Å². The SMILES string of the molecule is O=c1cc(CN2CCN(Cc3cc4c(cc3Br)OCO4)CC2)nc2sccn12. The number of thiazole rings is 1. The maximum Gasteiger partial charge on any atom is 0.258 e. The van der Waals surface area contributed by atoms with Gasteiger partial charge in [-0.15, -0.1) is 11.3 Å². The lowest BCUT2D eigenvalue weighted by molar-refractivity contribution is 0.121. The van der Waals surface area contributed by atoms with Crippen LogP contribution < -0.4 is 15.0 Å². The fourth-order valence-electron chi connectivity index (χ4n) is 3.62. The maximum atomic E-state index is 12.1. The third-order valence-electron chi connectivity index (χ3n) is 5.14. The van der Waals surface area contributed by atoms with E-state index in [9.17, 15) is 4.79 Å². The predicted molar refractivity (Wildman–Crippen MR) is 110 cm³/mol. The Bertz CT molecular complexity index is 1070. The van der Waals surface area contributed by atoms with Crippen molar-refractivity contribution in [3.63, 3.8) is 0 Å². The van der Waals surface area contributed by atoms with Crippen molar-refractivity contribution in [2.45, 2.75) is 13.1 Å². The third-order valence-corrected chi connectivity index (χ3v) is 6.64. The first-order valence-electron chi connectivity index (χ1n) is 9.14. The van der Waals surface area contributed by atoms with Crippen LogP contribution in [0.4, 0.5) is 0 Å². The van der Waals surface area contributed by atoms with E-state index < -0.39 is 0 Å². The van der Waals surface area contributed by atoms with Crippen molar-refractivity contribution in [3.8, 4) is 11.5 Å². The summed E-state index contributed by atoms with van der Waals surface area (Å²) in [7, 11) is 0. The average molecular weight is 463 g/mol. The zero-order valence-electron chi connectivity index (χ0n) is 15.1. The molecular weight excluding hydrogens is 444 g/mol. The monoisotopic (exact) mass is 462 g/mol. The van der Waals surface area contributed by atoms with Gasteiger partial charge in [0.15, 0.2) is 16.5 Å². The van der Waals surface area contributed by atoms with E-state index in [-0.39, 0.29) is 5.56 Å². The second kappa shape index (κ2) is 7.47. The highest BCUT2D eigenvalue weighted by Gasteiger charge is 2.21. The van der Waals surface area contributed by atoms with Gasteiger partial charge >= 0.3 is 0 Å². The highest BCUT2D eigenvalue weighted by atomic mass is 79.9. The minimum atomic E-state index is -0.00690. The molecule has 2 aromatic heterocycles. The molecule has 5 rings (SSSR count). The molecule has 0 N–H and O–H groups in total. The van der Waals surface area contributed by atoms with Crippen molar-refractivity contribution >= 4 is 32.2 Å². The Hall–Kier alpha value is -1.94. The van der Waals surface area contributed by atoms with Crippen molar-refractivity contribution in [1.82, 2.24) is 19.2 Å². The Morgan fingerprint density at radius 1 is 1.04 bits per heavy atom. The van der Waals surface area contributed by atoms with E-state index >= 15 is 0 Å². The highest BCUT2D eigenvalue weighted by molar-refractivity contribution is 9.10. The summed E-state index contributed by atoms with van der Waals surface area (Å²) in [5, 5.41) is 1.89. The van der Waals surface area contributed by atoms with Gasteiger partial charge in [-0.2, -0.15) is 0 Å². The lowest BCUT2D eigenvalue weighted by atomic mass is 10.1. The summed E-state index contributed by atoms with van der Waals surface area (Å²) < 4.78 is 13.6. The van der Waals surface area contributed by atoms with Gasteiger partial charge in [-0.3, -0.25) is 19.0 Å². The normalized spacial score (nSPS) is 17.5. The second-order valence-electron chi connectivity index (χ2n) is 6.99. The molecule has 0 unspecified atom stereocenters. The minimum Gasteiger partial charge on any atom is -0.454 e. The zero-order chi connectivity index (χ0) is 19.1. The lowest BCUT2D eigenvalue weighted by Crippen LogP contribution is -2.45. The van der Waals surface area contributed by atoms with Gasteiger partial charge in [0.2, 0.25) is 6.79 Å². The summed E-state index contributed by atoms with van der Waals surface area (Å²) in [6, 6.07) is 5.70. The van der Waals surface area contributed by atoms with Gasteiger partial charge in [0.1, 0.15) is 0 Å². The molecule has 0 amide bonds. The van der Waals surface area contributed by atoms with Crippen molar-refractivity contribution < 1.29 is 9.47 Å². The van der Waals surface area contributed by atoms with Crippen LogP contribution in [0.15, 0.2) is 39.0 Å². The van der Waals surface area contributed by atoms with Gasteiger partial charge in [0, 0.05) is 61.4 Å². The molecular formula is C19H19BrN4O3S. The summed E-state index contributed by atoms with van der Waals surface area (Å²) in [5.41, 5.74) is 2.04. The van der Waals surface area contributed by atoms with Gasteiger partial charge in [0.25, 0.3) is 5.56 Å². The zero-order valence-corrected chi connectivity index (χ0v) is 17.5. The summed E-state index contributed by atoms with van der Waals surface area (Å²) in [6.45, 7) is 5.72. The number of ether oxygens (including phenoxy) is 2. The molecule has 2 aliphatic heterocycles. The van der Waals surface area contributed by atoms with Gasteiger partial charge in [0.05, 0.1) is 5.69 Å². The molecule has 2 aliphatic rings. The Kier molecular flexibility index (Phi) is 4.83. The first-order valence-corrected chi connectivity index (χ1v) is 10.8. The molecule has 1 aromatic carbocycles. The van der Waals surface area contributed by atoms with Crippen molar-refractivity contribution in [2.75, 3.05) is 33.0 Å². The molecule has 7 nitrogen and oxygen atoms in total. The van der Waals surface area contributed by atoms with Gasteiger partial charge in [-0.05, 0) is 17.7 Å². The molecule has 0 bridgehead atoms. The average Bonchev–Trinajstić information content (AvgIpc) is 3.33. The number of piperazine rings is 1. The second-order valence-corrected chi connectivity index (χ2v) is 8.72. The molecule has 1 saturated heterocycles. The van der Waals surface area contributed by atoms with Gasteiger partial charge < -0.3 is 9.47 Å². The van der Waals surface area contributed by atoms with E-state index in [0.717, 1.165) is 59.4 Å². The number of hydrogen-bond donors (Lipinski definition) is 0. The number of fused-ring (bicyclic) bond motifs is 2. The minimum absolute atomic E-state index is 0.00690. The van der Waals surface area contributed by atoms with E-state index in [4.69, 9.17) is 9.47 Å². The number of hydrogen-bond acceptors (Lipinski definition) is 7. The molecule has 0 saturated carbocycles. The Morgan fingerprint density at radius 2 is 1.75 bits per heavy atom. The largest absolute Gasteiger partial charge is 0.454 e. The molecule has 146 valence electrons. The Balaban J connectivity index is 1.21. The molecule has 4 heterocycles. The molecule has 3 aromatic rings. The van der Waals surface area contributed by atoms with Gasteiger partial charge in [-0.1, -0.05) is 15.9 Å². The quantitative estimate of drug-likeness (QED) is 0.593. The van der Waals surface area contributed by atoms with E-state index in [1.807, 2.05) is 11.4 Å². The van der Waals surface area contributed by atoms with Crippen molar-refractivity contribution in [2.24, 2.45) is 0 Å². The first kappa shape index (κ1) is 18.1. The molecule has 0 spiro atoms. The number of halogens is 1. The summed E-state index contributed by atoms with van der Waals surface area (Å²) in [5.74, 6) is 1.62. The molecule has 1 fully saturated rings.